The van der Waals surface area contributed by atoms with Crippen LogP contribution in [0.4, 0.5) is 0 Å². The number of hydrogen-bond donors (Lipinski definition) is 0. The Morgan fingerprint density at radius 1 is 0.714 bits per heavy atom. The SMILES string of the molecule is CCCCC(C)(C)Oc1ccc(C2(c3ccc(OC(=O)C(C)(C)C)c(C)c3)c3ccccc3-c3ccccc32)cc1C. The maximum absolute atomic E-state index is 12.7. The lowest BCUT2D eigenvalue weighted by atomic mass is 9.67. The molecule has 218 valence electrons. The molecule has 3 heteroatoms. The number of unbranched alkanes of at least 4 members (excludes halogenated alkanes) is 1. The summed E-state index contributed by atoms with van der Waals surface area (Å²) in [6.45, 7) is 16.4. The summed E-state index contributed by atoms with van der Waals surface area (Å²) in [5, 5.41) is 0. The lowest BCUT2D eigenvalue weighted by molar-refractivity contribution is -0.143. The third kappa shape index (κ3) is 5.26. The van der Waals surface area contributed by atoms with Gasteiger partial charge in [0.25, 0.3) is 0 Å². The fourth-order valence-electron chi connectivity index (χ4n) is 6.22. The van der Waals surface area contributed by atoms with E-state index < -0.39 is 10.8 Å². The predicted octanol–water partition coefficient (Wildman–Crippen LogP) is 9.97. The maximum atomic E-state index is 12.7. The predicted molar refractivity (Wildman–Crippen MR) is 173 cm³/mol. The number of carbonyl (C=O) groups is 1. The second kappa shape index (κ2) is 11.1. The van der Waals surface area contributed by atoms with E-state index >= 15 is 0 Å². The molecule has 1 aliphatic carbocycles. The highest BCUT2D eigenvalue weighted by molar-refractivity contribution is 5.86. The number of aryl methyl sites for hydroxylation is 2. The van der Waals surface area contributed by atoms with Crippen molar-refractivity contribution in [1.29, 1.82) is 0 Å². The molecule has 0 heterocycles. The summed E-state index contributed by atoms with van der Waals surface area (Å²) in [7, 11) is 0. The lowest BCUT2D eigenvalue weighted by Gasteiger charge is -2.35. The van der Waals surface area contributed by atoms with E-state index in [4.69, 9.17) is 9.47 Å². The first-order chi connectivity index (χ1) is 19.9. The van der Waals surface area contributed by atoms with Crippen LogP contribution in [0.2, 0.25) is 0 Å². The Morgan fingerprint density at radius 3 is 1.69 bits per heavy atom. The van der Waals surface area contributed by atoms with Gasteiger partial charge in [-0.3, -0.25) is 4.79 Å². The molecule has 0 radical (unpaired) electrons. The van der Waals surface area contributed by atoms with Gasteiger partial charge in [0.1, 0.15) is 17.1 Å². The molecule has 0 bridgehead atoms. The number of carbonyl (C=O) groups excluding carboxylic acids is 1. The number of fused-ring (bicyclic) bond motifs is 3. The van der Waals surface area contributed by atoms with Gasteiger partial charge in [-0.1, -0.05) is 86.1 Å². The molecule has 4 aromatic rings. The number of benzene rings is 4. The Morgan fingerprint density at radius 2 is 1.21 bits per heavy atom. The summed E-state index contributed by atoms with van der Waals surface area (Å²) < 4.78 is 12.4. The van der Waals surface area contributed by atoms with Crippen molar-refractivity contribution in [3.05, 3.63) is 118 Å². The van der Waals surface area contributed by atoms with Crippen molar-refractivity contribution < 1.29 is 14.3 Å². The van der Waals surface area contributed by atoms with E-state index in [9.17, 15) is 4.79 Å². The first-order valence-electron chi connectivity index (χ1n) is 15.2. The number of esters is 1. The molecule has 0 saturated heterocycles. The van der Waals surface area contributed by atoms with Gasteiger partial charge in [-0.15, -0.1) is 0 Å². The van der Waals surface area contributed by atoms with Crippen molar-refractivity contribution in [2.24, 2.45) is 5.41 Å². The molecular formula is C39H44O3. The van der Waals surface area contributed by atoms with Crippen LogP contribution < -0.4 is 9.47 Å². The summed E-state index contributed by atoms with van der Waals surface area (Å²) in [5.74, 6) is 1.29. The maximum Gasteiger partial charge on any atom is 0.316 e. The number of hydrogen-bond acceptors (Lipinski definition) is 3. The van der Waals surface area contributed by atoms with E-state index in [2.05, 4.69) is 107 Å². The van der Waals surface area contributed by atoms with Crippen LogP contribution in [-0.2, 0) is 10.2 Å². The molecule has 0 aliphatic heterocycles. The van der Waals surface area contributed by atoms with Gasteiger partial charge in [-0.05, 0) is 118 Å². The number of rotatable bonds is 8. The van der Waals surface area contributed by atoms with Crippen molar-refractivity contribution in [3.8, 4) is 22.6 Å². The van der Waals surface area contributed by atoms with Crippen molar-refractivity contribution in [3.63, 3.8) is 0 Å². The van der Waals surface area contributed by atoms with Gasteiger partial charge < -0.3 is 9.47 Å². The molecule has 5 rings (SSSR count). The summed E-state index contributed by atoms with van der Waals surface area (Å²) >= 11 is 0. The van der Waals surface area contributed by atoms with Crippen LogP contribution in [0.15, 0.2) is 84.9 Å². The molecule has 3 nitrogen and oxygen atoms in total. The standard InChI is InChI=1S/C39H44O3/c1-9-10-23-38(7,8)42-35-22-20-29(25-27(35)3)39(28-19-21-34(26(2)24-28)41-36(40)37(4,5)6)32-17-13-11-15-30(32)31-16-12-14-18-33(31)39/h11-22,24-25H,9-10,23H2,1-8H3. The molecule has 42 heavy (non-hydrogen) atoms. The fraction of sp³-hybridized carbons (Fsp3) is 0.359. The van der Waals surface area contributed by atoms with Crippen molar-refractivity contribution in [1.82, 2.24) is 0 Å². The van der Waals surface area contributed by atoms with Crippen molar-refractivity contribution in [2.45, 2.75) is 85.7 Å². The van der Waals surface area contributed by atoms with E-state index in [0.717, 1.165) is 41.7 Å². The smallest absolute Gasteiger partial charge is 0.316 e. The molecule has 4 aromatic carbocycles. The fourth-order valence-corrected chi connectivity index (χ4v) is 6.22. The van der Waals surface area contributed by atoms with Crippen LogP contribution >= 0.6 is 0 Å². The zero-order valence-corrected chi connectivity index (χ0v) is 26.4. The molecule has 0 N–H and O–H groups in total. The summed E-state index contributed by atoms with van der Waals surface area (Å²) in [4.78, 5) is 12.7. The molecule has 0 fully saturated rings. The zero-order valence-electron chi connectivity index (χ0n) is 26.4. The van der Waals surface area contributed by atoms with Gasteiger partial charge in [-0.2, -0.15) is 0 Å². The average Bonchev–Trinajstić information content (AvgIpc) is 3.25. The first-order valence-corrected chi connectivity index (χ1v) is 15.2. The summed E-state index contributed by atoms with van der Waals surface area (Å²) in [6.07, 6.45) is 3.31. The molecule has 0 atom stereocenters. The van der Waals surface area contributed by atoms with Gasteiger partial charge >= 0.3 is 5.97 Å². The van der Waals surface area contributed by atoms with Crippen LogP contribution in [0.5, 0.6) is 11.5 Å². The second-order valence-electron chi connectivity index (χ2n) is 13.4. The first kappa shape index (κ1) is 29.6. The van der Waals surface area contributed by atoms with E-state index in [-0.39, 0.29) is 11.6 Å². The van der Waals surface area contributed by atoms with Crippen LogP contribution in [0.3, 0.4) is 0 Å². The van der Waals surface area contributed by atoms with E-state index in [0.29, 0.717) is 5.75 Å². The third-order valence-electron chi connectivity index (χ3n) is 8.50. The summed E-state index contributed by atoms with van der Waals surface area (Å²) in [5.41, 5.74) is 8.02. The van der Waals surface area contributed by atoms with E-state index in [1.807, 2.05) is 33.8 Å². The molecule has 0 unspecified atom stereocenters. The highest BCUT2D eigenvalue weighted by Crippen LogP contribution is 2.56. The quantitative estimate of drug-likeness (QED) is 0.140. The van der Waals surface area contributed by atoms with Crippen LogP contribution in [0.1, 0.15) is 94.2 Å². The highest BCUT2D eigenvalue weighted by atomic mass is 16.5. The van der Waals surface area contributed by atoms with E-state index in [1.165, 1.54) is 27.8 Å². The van der Waals surface area contributed by atoms with Gasteiger partial charge in [0.2, 0.25) is 0 Å². The highest BCUT2D eigenvalue weighted by Gasteiger charge is 2.46. The Kier molecular flexibility index (Phi) is 7.83. The van der Waals surface area contributed by atoms with Crippen LogP contribution in [0, 0.1) is 19.3 Å². The minimum absolute atomic E-state index is 0.232. The Bertz CT molecular complexity index is 1570. The molecule has 1 aliphatic rings. The third-order valence-corrected chi connectivity index (χ3v) is 8.50. The Balaban J connectivity index is 1.69. The minimum atomic E-state index is -0.581. The second-order valence-corrected chi connectivity index (χ2v) is 13.4. The van der Waals surface area contributed by atoms with Gasteiger partial charge in [0.15, 0.2) is 0 Å². The topological polar surface area (TPSA) is 35.5 Å². The lowest BCUT2D eigenvalue weighted by Crippen LogP contribution is -2.30. The monoisotopic (exact) mass is 560 g/mol. The molecule has 0 aromatic heterocycles. The average molecular weight is 561 g/mol. The summed E-state index contributed by atoms with van der Waals surface area (Å²) in [6, 6.07) is 30.4. The molecule has 0 amide bonds. The van der Waals surface area contributed by atoms with Gasteiger partial charge in [-0.25, -0.2) is 0 Å². The van der Waals surface area contributed by atoms with Gasteiger partial charge in [0, 0.05) is 0 Å². The van der Waals surface area contributed by atoms with Crippen molar-refractivity contribution in [2.75, 3.05) is 0 Å². The molecule has 0 saturated carbocycles. The molecular weight excluding hydrogens is 516 g/mol. The van der Waals surface area contributed by atoms with Gasteiger partial charge in [0.05, 0.1) is 10.8 Å². The van der Waals surface area contributed by atoms with Crippen LogP contribution in [-0.4, -0.2) is 11.6 Å². The Hall–Kier alpha value is -3.85. The zero-order chi connectivity index (χ0) is 30.3. The normalized spacial score (nSPS) is 13.8. The van der Waals surface area contributed by atoms with Crippen molar-refractivity contribution >= 4 is 5.97 Å². The largest absolute Gasteiger partial charge is 0.488 e. The van der Waals surface area contributed by atoms with Crippen LogP contribution in [0.25, 0.3) is 11.1 Å². The minimum Gasteiger partial charge on any atom is -0.488 e. The number of ether oxygens (including phenoxy) is 2. The molecule has 0 spiro atoms. The Labute approximate surface area is 251 Å². The van der Waals surface area contributed by atoms with E-state index in [1.54, 1.807) is 0 Å².